The van der Waals surface area contributed by atoms with Gasteiger partial charge in [-0.15, -0.1) is 11.3 Å². The Labute approximate surface area is 168 Å². The molecular weight excluding hydrogens is 398 g/mol. The van der Waals surface area contributed by atoms with Gasteiger partial charge in [-0.3, -0.25) is 10.1 Å². The highest BCUT2D eigenvalue weighted by molar-refractivity contribution is 7.89. The summed E-state index contributed by atoms with van der Waals surface area (Å²) in [5, 5.41) is 3.41. The van der Waals surface area contributed by atoms with Crippen molar-refractivity contribution in [3.05, 3.63) is 40.4 Å². The smallest absolute Gasteiger partial charge is 0.257 e. The highest BCUT2D eigenvalue weighted by atomic mass is 32.2. The number of nitrogens with zero attached hydrogens (tertiary/aromatic N) is 2. The van der Waals surface area contributed by atoms with Gasteiger partial charge in [-0.25, -0.2) is 13.4 Å². The zero-order valence-corrected chi connectivity index (χ0v) is 17.5. The maximum atomic E-state index is 12.9. The molecule has 1 fully saturated rings. The number of anilines is 1. The van der Waals surface area contributed by atoms with E-state index in [1.54, 1.807) is 0 Å². The molecule has 2 atom stereocenters. The Hall–Kier alpha value is -1.81. The van der Waals surface area contributed by atoms with E-state index < -0.39 is 10.0 Å². The number of ether oxygens (including phenoxy) is 1. The molecular formula is C19H23N3O4S2. The van der Waals surface area contributed by atoms with Crippen LogP contribution in [0.1, 0.15) is 41.2 Å². The third-order valence-corrected chi connectivity index (χ3v) is 7.88. The first-order valence-electron chi connectivity index (χ1n) is 9.38. The normalized spacial score (nSPS) is 22.8. The fraction of sp³-hybridized carbons (Fsp3) is 0.474. The van der Waals surface area contributed by atoms with Crippen LogP contribution in [0.4, 0.5) is 5.13 Å². The Morgan fingerprint density at radius 3 is 2.50 bits per heavy atom. The summed E-state index contributed by atoms with van der Waals surface area (Å²) in [5.74, 6) is -0.287. The second-order valence-electron chi connectivity index (χ2n) is 7.30. The molecule has 1 amide bonds. The van der Waals surface area contributed by atoms with E-state index in [2.05, 4.69) is 10.3 Å². The number of aryl methyl sites for hydroxylation is 2. The fourth-order valence-electron chi connectivity index (χ4n) is 3.67. The number of fused-ring (bicyclic) bond motifs is 1. The number of carbonyl (C=O) groups excluding carboxylic acids is 1. The van der Waals surface area contributed by atoms with Crippen molar-refractivity contribution in [1.82, 2.24) is 9.29 Å². The standard InChI is InChI=1S/C19H23N3O4S2/c1-12-10-22(11-13(2)26-12)28(24,25)15-8-6-14(7-9-15)18(23)21-19-20-16-4-3-5-17(16)27-19/h6-9,12-13H,3-5,10-11H2,1-2H3,(H,20,21,23)/t12-,13-/m0/s1. The van der Waals surface area contributed by atoms with Gasteiger partial charge in [-0.2, -0.15) is 4.31 Å². The van der Waals surface area contributed by atoms with Gasteiger partial charge in [-0.05, 0) is 57.4 Å². The van der Waals surface area contributed by atoms with Crippen LogP contribution in [0.3, 0.4) is 0 Å². The summed E-state index contributed by atoms with van der Waals surface area (Å²) in [7, 11) is -3.62. The molecule has 1 aromatic carbocycles. The molecule has 1 aromatic heterocycles. The maximum absolute atomic E-state index is 12.9. The van der Waals surface area contributed by atoms with Gasteiger partial charge in [0.25, 0.3) is 5.91 Å². The van der Waals surface area contributed by atoms with E-state index in [1.807, 2.05) is 13.8 Å². The minimum Gasteiger partial charge on any atom is -0.373 e. The van der Waals surface area contributed by atoms with Gasteiger partial charge in [0.15, 0.2) is 5.13 Å². The van der Waals surface area contributed by atoms with Crippen LogP contribution in [0.5, 0.6) is 0 Å². The van der Waals surface area contributed by atoms with Crippen molar-refractivity contribution >= 4 is 32.4 Å². The summed E-state index contributed by atoms with van der Waals surface area (Å²) in [6, 6.07) is 6.04. The average Bonchev–Trinajstić information content (AvgIpc) is 3.22. The van der Waals surface area contributed by atoms with Gasteiger partial charge in [0.2, 0.25) is 10.0 Å². The van der Waals surface area contributed by atoms with Gasteiger partial charge in [0, 0.05) is 23.5 Å². The van der Waals surface area contributed by atoms with Crippen molar-refractivity contribution in [2.75, 3.05) is 18.4 Å². The van der Waals surface area contributed by atoms with E-state index in [1.165, 1.54) is 44.8 Å². The maximum Gasteiger partial charge on any atom is 0.257 e. The summed E-state index contributed by atoms with van der Waals surface area (Å²) < 4.78 is 32.8. The molecule has 2 heterocycles. The summed E-state index contributed by atoms with van der Waals surface area (Å²) in [6.07, 6.45) is 2.81. The Morgan fingerprint density at radius 2 is 1.86 bits per heavy atom. The number of benzene rings is 1. The molecule has 1 aliphatic carbocycles. The van der Waals surface area contributed by atoms with Crippen molar-refractivity contribution < 1.29 is 17.9 Å². The molecule has 0 saturated carbocycles. The number of aromatic nitrogens is 1. The number of hydrogen-bond donors (Lipinski definition) is 1. The van der Waals surface area contributed by atoms with Crippen LogP contribution >= 0.6 is 11.3 Å². The predicted molar refractivity (Wildman–Crippen MR) is 107 cm³/mol. The summed E-state index contributed by atoms with van der Waals surface area (Å²) >= 11 is 1.51. The van der Waals surface area contributed by atoms with Crippen molar-refractivity contribution in [2.45, 2.75) is 50.2 Å². The number of morpholine rings is 1. The largest absolute Gasteiger partial charge is 0.373 e. The van der Waals surface area contributed by atoms with E-state index in [-0.39, 0.29) is 23.0 Å². The molecule has 0 spiro atoms. The molecule has 1 aliphatic heterocycles. The number of sulfonamides is 1. The number of nitrogens with one attached hydrogen (secondary N) is 1. The van der Waals surface area contributed by atoms with Crippen LogP contribution in [-0.2, 0) is 27.6 Å². The summed E-state index contributed by atoms with van der Waals surface area (Å²) in [6.45, 7) is 4.37. The van der Waals surface area contributed by atoms with Gasteiger partial charge in [0.1, 0.15) is 0 Å². The van der Waals surface area contributed by atoms with E-state index >= 15 is 0 Å². The molecule has 4 rings (SSSR count). The van der Waals surface area contributed by atoms with E-state index in [4.69, 9.17) is 4.74 Å². The van der Waals surface area contributed by atoms with Gasteiger partial charge in [-0.1, -0.05) is 0 Å². The Morgan fingerprint density at radius 1 is 1.18 bits per heavy atom. The van der Waals surface area contributed by atoms with E-state index in [0.29, 0.717) is 23.8 Å². The predicted octanol–water partition coefficient (Wildman–Crippen LogP) is 2.68. The Kier molecular flexibility index (Phi) is 5.26. The quantitative estimate of drug-likeness (QED) is 0.820. The van der Waals surface area contributed by atoms with Crippen LogP contribution in [0, 0.1) is 0 Å². The number of thiazole rings is 1. The molecule has 0 unspecified atom stereocenters. The molecule has 1 N–H and O–H groups in total. The van der Waals surface area contributed by atoms with Gasteiger partial charge in [0.05, 0.1) is 22.8 Å². The van der Waals surface area contributed by atoms with Gasteiger partial charge >= 0.3 is 0 Å². The molecule has 0 radical (unpaired) electrons. The van der Waals surface area contributed by atoms with Crippen LogP contribution in [-0.4, -0.2) is 48.9 Å². The number of rotatable bonds is 4. The van der Waals surface area contributed by atoms with Crippen molar-refractivity contribution in [3.8, 4) is 0 Å². The molecule has 9 heteroatoms. The molecule has 2 aromatic rings. The van der Waals surface area contributed by atoms with Crippen LogP contribution in [0.25, 0.3) is 0 Å². The zero-order valence-electron chi connectivity index (χ0n) is 15.8. The third kappa shape index (κ3) is 3.84. The lowest BCUT2D eigenvalue weighted by molar-refractivity contribution is -0.0440. The Balaban J connectivity index is 1.47. The summed E-state index contributed by atoms with van der Waals surface area (Å²) in [4.78, 5) is 18.3. The lowest BCUT2D eigenvalue weighted by atomic mass is 10.2. The van der Waals surface area contributed by atoms with Gasteiger partial charge < -0.3 is 4.74 Å². The SMILES string of the molecule is C[C@H]1CN(S(=O)(=O)c2ccc(C(=O)Nc3nc4c(s3)CCC4)cc2)C[C@H](C)O1. The molecule has 150 valence electrons. The monoisotopic (exact) mass is 421 g/mol. The first kappa shape index (κ1) is 19.5. The number of carbonyl (C=O) groups is 1. The molecule has 28 heavy (non-hydrogen) atoms. The third-order valence-electron chi connectivity index (χ3n) is 4.96. The van der Waals surface area contributed by atoms with E-state index in [0.717, 1.165) is 25.0 Å². The van der Waals surface area contributed by atoms with Crippen molar-refractivity contribution in [3.63, 3.8) is 0 Å². The second kappa shape index (κ2) is 7.55. The molecule has 0 bridgehead atoms. The number of hydrogen-bond acceptors (Lipinski definition) is 6. The zero-order chi connectivity index (χ0) is 19.9. The first-order valence-corrected chi connectivity index (χ1v) is 11.6. The van der Waals surface area contributed by atoms with Crippen molar-refractivity contribution in [2.24, 2.45) is 0 Å². The van der Waals surface area contributed by atoms with Crippen LogP contribution in [0.2, 0.25) is 0 Å². The first-order chi connectivity index (χ1) is 13.3. The second-order valence-corrected chi connectivity index (χ2v) is 10.3. The minimum atomic E-state index is -3.62. The highest BCUT2D eigenvalue weighted by Gasteiger charge is 2.32. The molecule has 1 saturated heterocycles. The minimum absolute atomic E-state index is 0.150. The molecule has 2 aliphatic rings. The van der Waals surface area contributed by atoms with E-state index in [9.17, 15) is 13.2 Å². The highest BCUT2D eigenvalue weighted by Crippen LogP contribution is 2.30. The van der Waals surface area contributed by atoms with Crippen LogP contribution in [0.15, 0.2) is 29.2 Å². The Bertz CT molecular complexity index is 954. The topological polar surface area (TPSA) is 88.6 Å². The number of amides is 1. The lowest BCUT2D eigenvalue weighted by Gasteiger charge is -2.34. The van der Waals surface area contributed by atoms with Crippen molar-refractivity contribution in [1.29, 1.82) is 0 Å². The lowest BCUT2D eigenvalue weighted by Crippen LogP contribution is -2.48. The summed E-state index contributed by atoms with van der Waals surface area (Å²) in [5.41, 5.74) is 1.48. The van der Waals surface area contributed by atoms with Crippen LogP contribution < -0.4 is 5.32 Å². The average molecular weight is 422 g/mol. The fourth-order valence-corrected chi connectivity index (χ4v) is 6.30. The molecule has 7 nitrogen and oxygen atoms in total.